The molecule has 0 spiro atoms. The van der Waals surface area contributed by atoms with Gasteiger partial charge in [0.05, 0.1) is 6.33 Å². The largest absolute Gasteiger partial charge is 0.396 e. The Kier molecular flexibility index (Phi) is 4.12. The third-order valence-electron chi connectivity index (χ3n) is 1.90. The SMILES string of the molecule is CC(CCCO)NC(=O)c1c[nH]cn1. The zero-order chi connectivity index (χ0) is 10.4. The van der Waals surface area contributed by atoms with E-state index < -0.39 is 0 Å². The molecule has 0 aliphatic carbocycles. The van der Waals surface area contributed by atoms with E-state index in [2.05, 4.69) is 15.3 Å². The Hall–Kier alpha value is -1.36. The molecule has 5 nitrogen and oxygen atoms in total. The van der Waals surface area contributed by atoms with E-state index in [0.29, 0.717) is 12.1 Å². The molecule has 0 saturated carbocycles. The average Bonchev–Trinajstić information content (AvgIpc) is 2.67. The van der Waals surface area contributed by atoms with Crippen LogP contribution in [0, 0.1) is 0 Å². The van der Waals surface area contributed by atoms with Gasteiger partial charge in [-0.05, 0) is 19.8 Å². The first-order chi connectivity index (χ1) is 6.74. The summed E-state index contributed by atoms with van der Waals surface area (Å²) in [6.07, 6.45) is 4.48. The van der Waals surface area contributed by atoms with E-state index in [0.717, 1.165) is 6.42 Å². The maximum atomic E-state index is 11.4. The van der Waals surface area contributed by atoms with E-state index in [1.807, 2.05) is 6.92 Å². The Morgan fingerprint density at radius 2 is 2.57 bits per heavy atom. The number of imidazole rings is 1. The molecule has 1 amide bonds. The summed E-state index contributed by atoms with van der Waals surface area (Å²) in [5.74, 6) is -0.184. The van der Waals surface area contributed by atoms with Crippen molar-refractivity contribution in [3.05, 3.63) is 18.2 Å². The fourth-order valence-corrected chi connectivity index (χ4v) is 1.15. The summed E-state index contributed by atoms with van der Waals surface area (Å²) in [7, 11) is 0. The number of nitrogens with zero attached hydrogens (tertiary/aromatic N) is 1. The third kappa shape index (κ3) is 3.18. The number of H-pyrrole nitrogens is 1. The van der Waals surface area contributed by atoms with Crippen LogP contribution < -0.4 is 5.32 Å². The molecular weight excluding hydrogens is 182 g/mol. The third-order valence-corrected chi connectivity index (χ3v) is 1.90. The number of hydrogen-bond donors (Lipinski definition) is 3. The molecule has 0 fully saturated rings. The topological polar surface area (TPSA) is 78.0 Å². The molecule has 1 rings (SSSR count). The van der Waals surface area contributed by atoms with Crippen molar-refractivity contribution in [2.45, 2.75) is 25.8 Å². The maximum Gasteiger partial charge on any atom is 0.271 e. The second-order valence-electron chi connectivity index (χ2n) is 3.19. The van der Waals surface area contributed by atoms with Crippen LogP contribution in [0.15, 0.2) is 12.5 Å². The van der Waals surface area contributed by atoms with Gasteiger partial charge in [0.25, 0.3) is 5.91 Å². The minimum atomic E-state index is -0.184. The van der Waals surface area contributed by atoms with Crippen molar-refractivity contribution in [3.63, 3.8) is 0 Å². The number of aliphatic hydroxyl groups excluding tert-OH is 1. The van der Waals surface area contributed by atoms with Crippen molar-refractivity contribution < 1.29 is 9.90 Å². The number of aliphatic hydroxyl groups is 1. The number of hydrogen-bond acceptors (Lipinski definition) is 3. The molecule has 78 valence electrons. The number of carbonyl (C=O) groups excluding carboxylic acids is 1. The lowest BCUT2D eigenvalue weighted by Gasteiger charge is -2.11. The smallest absolute Gasteiger partial charge is 0.271 e. The van der Waals surface area contributed by atoms with Crippen molar-refractivity contribution in [2.75, 3.05) is 6.61 Å². The lowest BCUT2D eigenvalue weighted by Crippen LogP contribution is -2.32. The molecule has 14 heavy (non-hydrogen) atoms. The number of carbonyl (C=O) groups is 1. The van der Waals surface area contributed by atoms with E-state index in [1.165, 1.54) is 6.33 Å². The summed E-state index contributed by atoms with van der Waals surface area (Å²) in [5, 5.41) is 11.4. The van der Waals surface area contributed by atoms with Crippen LogP contribution in [0.25, 0.3) is 0 Å². The van der Waals surface area contributed by atoms with Gasteiger partial charge < -0.3 is 15.4 Å². The Bertz CT molecular complexity index is 272. The highest BCUT2D eigenvalue weighted by Crippen LogP contribution is 1.97. The van der Waals surface area contributed by atoms with Gasteiger partial charge in [-0.25, -0.2) is 4.98 Å². The molecule has 0 radical (unpaired) electrons. The minimum Gasteiger partial charge on any atom is -0.396 e. The van der Waals surface area contributed by atoms with Gasteiger partial charge in [0, 0.05) is 18.8 Å². The molecule has 0 aromatic carbocycles. The number of aromatic nitrogens is 2. The highest BCUT2D eigenvalue weighted by Gasteiger charge is 2.10. The molecule has 3 N–H and O–H groups in total. The van der Waals surface area contributed by atoms with Gasteiger partial charge in [0.1, 0.15) is 5.69 Å². The average molecular weight is 197 g/mol. The second kappa shape index (κ2) is 5.39. The zero-order valence-corrected chi connectivity index (χ0v) is 8.16. The van der Waals surface area contributed by atoms with Gasteiger partial charge in [-0.2, -0.15) is 0 Å². The van der Waals surface area contributed by atoms with Gasteiger partial charge in [0.2, 0.25) is 0 Å². The monoisotopic (exact) mass is 197 g/mol. The van der Waals surface area contributed by atoms with Crippen LogP contribution >= 0.6 is 0 Å². The van der Waals surface area contributed by atoms with E-state index in [-0.39, 0.29) is 18.6 Å². The highest BCUT2D eigenvalue weighted by molar-refractivity contribution is 5.92. The van der Waals surface area contributed by atoms with Gasteiger partial charge in [0.15, 0.2) is 0 Å². The van der Waals surface area contributed by atoms with Crippen molar-refractivity contribution in [1.29, 1.82) is 0 Å². The minimum absolute atomic E-state index is 0.0614. The van der Waals surface area contributed by atoms with Crippen LogP contribution in [0.5, 0.6) is 0 Å². The second-order valence-corrected chi connectivity index (χ2v) is 3.19. The number of aromatic amines is 1. The number of rotatable bonds is 5. The Labute approximate surface area is 82.6 Å². The lowest BCUT2D eigenvalue weighted by atomic mass is 10.2. The molecule has 1 aromatic heterocycles. The van der Waals surface area contributed by atoms with Crippen LogP contribution in [0.4, 0.5) is 0 Å². The highest BCUT2D eigenvalue weighted by atomic mass is 16.2. The van der Waals surface area contributed by atoms with E-state index in [9.17, 15) is 4.79 Å². The first-order valence-corrected chi connectivity index (χ1v) is 4.64. The summed E-state index contributed by atoms with van der Waals surface area (Å²) in [4.78, 5) is 18.0. The predicted octanol–water partition coefficient (Wildman–Crippen LogP) is 0.300. The van der Waals surface area contributed by atoms with Gasteiger partial charge in [-0.1, -0.05) is 0 Å². The fraction of sp³-hybridized carbons (Fsp3) is 0.556. The molecule has 0 aliphatic rings. The molecular formula is C9H15N3O2. The summed E-state index contributed by atoms with van der Waals surface area (Å²) < 4.78 is 0. The van der Waals surface area contributed by atoms with Crippen molar-refractivity contribution in [1.82, 2.24) is 15.3 Å². The van der Waals surface area contributed by atoms with Gasteiger partial charge in [-0.15, -0.1) is 0 Å². The van der Waals surface area contributed by atoms with E-state index in [1.54, 1.807) is 6.20 Å². The summed E-state index contributed by atoms with van der Waals surface area (Å²) in [5.41, 5.74) is 0.390. The van der Waals surface area contributed by atoms with Crippen LogP contribution in [0.2, 0.25) is 0 Å². The predicted molar refractivity (Wildman–Crippen MR) is 51.8 cm³/mol. The molecule has 1 heterocycles. The van der Waals surface area contributed by atoms with Crippen LogP contribution in [0.3, 0.4) is 0 Å². The quantitative estimate of drug-likeness (QED) is 0.635. The summed E-state index contributed by atoms with van der Waals surface area (Å²) >= 11 is 0. The molecule has 0 bridgehead atoms. The maximum absolute atomic E-state index is 11.4. The Morgan fingerprint density at radius 3 is 3.14 bits per heavy atom. The first-order valence-electron chi connectivity index (χ1n) is 4.64. The molecule has 1 atom stereocenters. The van der Waals surface area contributed by atoms with Gasteiger partial charge >= 0.3 is 0 Å². The first kappa shape index (κ1) is 10.7. The lowest BCUT2D eigenvalue weighted by molar-refractivity contribution is 0.0932. The van der Waals surface area contributed by atoms with Crippen molar-refractivity contribution in [3.8, 4) is 0 Å². The Morgan fingerprint density at radius 1 is 1.79 bits per heavy atom. The van der Waals surface area contributed by atoms with Crippen molar-refractivity contribution >= 4 is 5.91 Å². The fourth-order valence-electron chi connectivity index (χ4n) is 1.15. The Balaban J connectivity index is 2.34. The number of amides is 1. The van der Waals surface area contributed by atoms with Crippen LogP contribution in [-0.4, -0.2) is 33.6 Å². The van der Waals surface area contributed by atoms with Gasteiger partial charge in [-0.3, -0.25) is 4.79 Å². The van der Waals surface area contributed by atoms with E-state index in [4.69, 9.17) is 5.11 Å². The van der Waals surface area contributed by atoms with Crippen LogP contribution in [0.1, 0.15) is 30.3 Å². The molecule has 1 unspecified atom stereocenters. The van der Waals surface area contributed by atoms with E-state index >= 15 is 0 Å². The summed E-state index contributed by atoms with van der Waals surface area (Å²) in [6.45, 7) is 2.06. The van der Waals surface area contributed by atoms with Crippen molar-refractivity contribution in [2.24, 2.45) is 0 Å². The summed E-state index contributed by atoms with van der Waals surface area (Å²) in [6, 6.07) is 0.0614. The molecule has 0 saturated heterocycles. The van der Waals surface area contributed by atoms with Crippen LogP contribution in [-0.2, 0) is 0 Å². The zero-order valence-electron chi connectivity index (χ0n) is 8.16. The number of nitrogens with one attached hydrogen (secondary N) is 2. The molecule has 0 aliphatic heterocycles. The normalized spacial score (nSPS) is 12.4. The molecule has 1 aromatic rings. The standard InChI is InChI=1S/C9H15N3O2/c1-7(3-2-4-13)12-9(14)8-5-10-6-11-8/h5-7,13H,2-4H2,1H3,(H,10,11)(H,12,14). The molecule has 5 heteroatoms.